The van der Waals surface area contributed by atoms with Gasteiger partial charge in [-0.2, -0.15) is 0 Å². The van der Waals surface area contributed by atoms with Gasteiger partial charge < -0.3 is 9.47 Å². The van der Waals surface area contributed by atoms with Gasteiger partial charge in [0.1, 0.15) is 6.10 Å². The van der Waals surface area contributed by atoms with E-state index in [4.69, 9.17) is 9.47 Å². The summed E-state index contributed by atoms with van der Waals surface area (Å²) in [5.74, 6) is -0.433. The topological polar surface area (TPSA) is 52.6 Å². The summed E-state index contributed by atoms with van der Waals surface area (Å²) in [7, 11) is 0. The van der Waals surface area contributed by atoms with Crippen molar-refractivity contribution < 1.29 is 19.1 Å². The molecule has 4 heteroatoms. The van der Waals surface area contributed by atoms with E-state index in [1.807, 2.05) is 34.6 Å². The summed E-state index contributed by atoms with van der Waals surface area (Å²) >= 11 is 0. The summed E-state index contributed by atoms with van der Waals surface area (Å²) in [5, 5.41) is 0. The Bertz CT molecular complexity index is 255. The van der Waals surface area contributed by atoms with Crippen LogP contribution in [0.3, 0.4) is 0 Å². The molecule has 0 amide bonds. The van der Waals surface area contributed by atoms with E-state index in [2.05, 4.69) is 0 Å². The van der Waals surface area contributed by atoms with Gasteiger partial charge in [0.25, 0.3) is 6.47 Å². The molecule has 0 fully saturated rings. The highest BCUT2D eigenvalue weighted by molar-refractivity contribution is 5.76. The number of rotatable bonds is 8. The monoisotopic (exact) mass is 258 g/mol. The van der Waals surface area contributed by atoms with Gasteiger partial charge in [-0.15, -0.1) is 0 Å². The van der Waals surface area contributed by atoms with Gasteiger partial charge in [-0.05, 0) is 18.3 Å². The van der Waals surface area contributed by atoms with E-state index in [1.54, 1.807) is 0 Å². The van der Waals surface area contributed by atoms with Gasteiger partial charge in [0.2, 0.25) is 0 Å². The first-order valence-corrected chi connectivity index (χ1v) is 6.63. The molecule has 0 bridgehead atoms. The van der Waals surface area contributed by atoms with Crippen molar-refractivity contribution in [2.24, 2.45) is 5.41 Å². The predicted molar refractivity (Wildman–Crippen MR) is 70.1 cm³/mol. The number of esters is 1. The lowest BCUT2D eigenvalue weighted by atomic mass is 9.89. The van der Waals surface area contributed by atoms with Gasteiger partial charge in [0.05, 0.1) is 0 Å². The summed E-state index contributed by atoms with van der Waals surface area (Å²) in [6.45, 7) is 10.3. The minimum Gasteiger partial charge on any atom is -0.460 e. The Morgan fingerprint density at radius 3 is 2.28 bits per heavy atom. The van der Waals surface area contributed by atoms with Crippen molar-refractivity contribution in [1.82, 2.24) is 0 Å². The third kappa shape index (κ3) is 7.30. The Morgan fingerprint density at radius 1 is 1.28 bits per heavy atom. The zero-order valence-electron chi connectivity index (χ0n) is 12.2. The van der Waals surface area contributed by atoms with Crippen molar-refractivity contribution in [3.05, 3.63) is 0 Å². The minimum atomic E-state index is -0.798. The fourth-order valence-corrected chi connectivity index (χ4v) is 1.72. The molecule has 4 nitrogen and oxygen atoms in total. The summed E-state index contributed by atoms with van der Waals surface area (Å²) in [6.07, 6.45) is 2.17. The van der Waals surface area contributed by atoms with Gasteiger partial charge in [-0.1, -0.05) is 41.0 Å². The summed E-state index contributed by atoms with van der Waals surface area (Å²) in [6, 6.07) is 0. The number of hydrogen-bond donors (Lipinski definition) is 0. The van der Waals surface area contributed by atoms with Gasteiger partial charge >= 0.3 is 5.97 Å². The second-order valence-electron chi connectivity index (χ2n) is 5.74. The predicted octanol–water partition coefficient (Wildman–Crippen LogP) is 3.09. The molecular weight excluding hydrogens is 232 g/mol. The number of ether oxygens (including phenoxy) is 2. The van der Waals surface area contributed by atoms with Crippen molar-refractivity contribution >= 4 is 12.4 Å². The van der Waals surface area contributed by atoms with Crippen LogP contribution in [0, 0.1) is 5.41 Å². The quantitative estimate of drug-likeness (QED) is 0.496. The van der Waals surface area contributed by atoms with Crippen molar-refractivity contribution in [3.63, 3.8) is 0 Å². The molecule has 0 rings (SSSR count). The lowest BCUT2D eigenvalue weighted by Crippen LogP contribution is -2.33. The minimum absolute atomic E-state index is 0.0831. The van der Waals surface area contributed by atoms with Crippen LogP contribution in [-0.4, -0.2) is 24.6 Å². The summed E-state index contributed by atoms with van der Waals surface area (Å²) in [5.41, 5.74) is -0.0981. The third-order valence-electron chi connectivity index (χ3n) is 2.63. The van der Waals surface area contributed by atoms with Crippen molar-refractivity contribution in [3.8, 4) is 0 Å². The van der Waals surface area contributed by atoms with Crippen molar-refractivity contribution in [2.45, 2.75) is 72.5 Å². The van der Waals surface area contributed by atoms with Crippen LogP contribution < -0.4 is 0 Å². The average molecular weight is 258 g/mol. The van der Waals surface area contributed by atoms with E-state index in [9.17, 15) is 9.59 Å². The first-order valence-electron chi connectivity index (χ1n) is 6.63. The maximum atomic E-state index is 11.9. The second kappa shape index (κ2) is 8.11. The highest BCUT2D eigenvalue weighted by Crippen LogP contribution is 2.23. The zero-order valence-corrected chi connectivity index (χ0v) is 12.2. The molecule has 0 N–H and O–H groups in total. The first kappa shape index (κ1) is 16.9. The van der Waals surface area contributed by atoms with Crippen LogP contribution in [-0.2, 0) is 19.1 Å². The summed E-state index contributed by atoms with van der Waals surface area (Å²) < 4.78 is 10.2. The van der Waals surface area contributed by atoms with Crippen LogP contribution in [0.4, 0.5) is 0 Å². The first-order chi connectivity index (χ1) is 8.34. The Labute approximate surface area is 110 Å². The molecule has 0 heterocycles. The Morgan fingerprint density at radius 2 is 1.89 bits per heavy atom. The maximum absolute atomic E-state index is 11.9. The number of carbonyl (C=O) groups is 2. The van der Waals surface area contributed by atoms with E-state index in [-0.39, 0.29) is 11.5 Å². The molecular formula is C14H26O4. The fourth-order valence-electron chi connectivity index (χ4n) is 1.72. The van der Waals surface area contributed by atoms with E-state index in [0.717, 1.165) is 19.3 Å². The summed E-state index contributed by atoms with van der Waals surface area (Å²) in [4.78, 5) is 22.4. The number of carbonyl (C=O) groups excluding carboxylic acids is 2. The molecule has 0 spiro atoms. The van der Waals surface area contributed by atoms with Crippen LogP contribution in [0.2, 0.25) is 0 Å². The molecule has 2 unspecified atom stereocenters. The Kier molecular flexibility index (Phi) is 7.64. The Hall–Kier alpha value is -1.06. The lowest BCUT2D eigenvalue weighted by molar-refractivity contribution is -0.168. The SMILES string of the molecule is CCCC(CC)OC(=O)C(CC(C)(C)C)OC=O. The van der Waals surface area contributed by atoms with Gasteiger partial charge in [-0.25, -0.2) is 4.79 Å². The molecule has 0 saturated heterocycles. The van der Waals surface area contributed by atoms with Crippen LogP contribution >= 0.6 is 0 Å². The molecule has 0 aliphatic rings. The molecule has 0 aromatic carbocycles. The van der Waals surface area contributed by atoms with Gasteiger partial charge in [0, 0.05) is 6.42 Å². The molecule has 18 heavy (non-hydrogen) atoms. The standard InChI is InChI=1S/C14H26O4/c1-6-8-11(7-2)18-13(16)12(17-10-15)9-14(3,4)5/h10-12H,6-9H2,1-5H3. The molecule has 106 valence electrons. The van der Waals surface area contributed by atoms with Crippen LogP contribution in [0.25, 0.3) is 0 Å². The van der Waals surface area contributed by atoms with Crippen LogP contribution in [0.1, 0.15) is 60.3 Å². The molecule has 0 saturated carbocycles. The highest BCUT2D eigenvalue weighted by atomic mass is 16.6. The largest absolute Gasteiger partial charge is 0.460 e. The van der Waals surface area contributed by atoms with E-state index >= 15 is 0 Å². The van der Waals surface area contributed by atoms with Crippen LogP contribution in [0.5, 0.6) is 0 Å². The Balaban J connectivity index is 4.50. The highest BCUT2D eigenvalue weighted by Gasteiger charge is 2.29. The molecule has 0 aliphatic carbocycles. The fraction of sp³-hybridized carbons (Fsp3) is 0.857. The molecule has 0 aromatic heterocycles. The average Bonchev–Trinajstić information content (AvgIpc) is 2.26. The van der Waals surface area contributed by atoms with Gasteiger partial charge in [0.15, 0.2) is 6.10 Å². The molecule has 0 aliphatic heterocycles. The maximum Gasteiger partial charge on any atom is 0.347 e. The van der Waals surface area contributed by atoms with E-state index in [0.29, 0.717) is 12.9 Å². The van der Waals surface area contributed by atoms with Crippen LogP contribution in [0.15, 0.2) is 0 Å². The smallest absolute Gasteiger partial charge is 0.347 e. The second-order valence-corrected chi connectivity index (χ2v) is 5.74. The molecule has 0 radical (unpaired) electrons. The molecule has 0 aromatic rings. The molecule has 2 atom stereocenters. The zero-order chi connectivity index (χ0) is 14.2. The van der Waals surface area contributed by atoms with E-state index < -0.39 is 12.1 Å². The normalized spacial score (nSPS) is 14.7. The number of hydrogen-bond acceptors (Lipinski definition) is 4. The van der Waals surface area contributed by atoms with Crippen molar-refractivity contribution in [2.75, 3.05) is 0 Å². The van der Waals surface area contributed by atoms with Gasteiger partial charge in [-0.3, -0.25) is 4.79 Å². The lowest BCUT2D eigenvalue weighted by Gasteiger charge is -2.25. The van der Waals surface area contributed by atoms with Crippen molar-refractivity contribution in [1.29, 1.82) is 0 Å². The third-order valence-corrected chi connectivity index (χ3v) is 2.63. The van der Waals surface area contributed by atoms with E-state index in [1.165, 1.54) is 0 Å².